The second-order valence-corrected chi connectivity index (χ2v) is 3.26. The molecule has 1 aromatic heterocycles. The summed E-state index contributed by atoms with van der Waals surface area (Å²) in [5.74, 6) is 0.654. The monoisotopic (exact) mass is 206 g/mol. The maximum Gasteiger partial charge on any atom is 0.140 e. The third kappa shape index (κ3) is 4.43. The molecule has 0 atom stereocenters. The second-order valence-electron chi connectivity index (χ2n) is 3.26. The van der Waals surface area contributed by atoms with E-state index in [4.69, 9.17) is 14.7 Å². The van der Waals surface area contributed by atoms with Gasteiger partial charge in [-0.25, -0.2) is 4.98 Å². The molecule has 80 valence electrons. The molecular formula is C11H14N2O2. The van der Waals surface area contributed by atoms with Crippen molar-refractivity contribution in [1.82, 2.24) is 4.98 Å². The molecule has 0 unspecified atom stereocenters. The van der Waals surface area contributed by atoms with E-state index in [2.05, 4.69) is 4.98 Å². The van der Waals surface area contributed by atoms with Crippen LogP contribution in [0.25, 0.3) is 0 Å². The Bertz CT molecular complexity index is 327. The molecule has 0 N–H and O–H groups in total. The van der Waals surface area contributed by atoms with E-state index >= 15 is 0 Å². The van der Waals surface area contributed by atoms with E-state index in [0.717, 1.165) is 0 Å². The fourth-order valence-electron chi connectivity index (χ4n) is 0.975. The zero-order valence-electron chi connectivity index (χ0n) is 8.93. The number of ether oxygens (including phenoxy) is 2. The maximum atomic E-state index is 8.53. The predicted octanol–water partition coefficient (Wildman–Crippen LogP) is 1.76. The van der Waals surface area contributed by atoms with Gasteiger partial charge >= 0.3 is 0 Å². The van der Waals surface area contributed by atoms with Crippen LogP contribution in [0.3, 0.4) is 0 Å². The summed E-state index contributed by atoms with van der Waals surface area (Å²) in [4.78, 5) is 3.88. The van der Waals surface area contributed by atoms with Crippen LogP contribution in [0.2, 0.25) is 0 Å². The van der Waals surface area contributed by atoms with E-state index in [1.165, 1.54) is 6.20 Å². The summed E-state index contributed by atoms with van der Waals surface area (Å²) in [7, 11) is 0. The van der Waals surface area contributed by atoms with Gasteiger partial charge < -0.3 is 9.47 Å². The predicted molar refractivity (Wildman–Crippen MR) is 55.5 cm³/mol. The number of rotatable bonds is 5. The van der Waals surface area contributed by atoms with Gasteiger partial charge in [-0.15, -0.1) is 0 Å². The van der Waals surface area contributed by atoms with Crippen LogP contribution in [0.5, 0.6) is 5.75 Å². The van der Waals surface area contributed by atoms with Crippen molar-refractivity contribution in [2.45, 2.75) is 20.0 Å². The highest BCUT2D eigenvalue weighted by molar-refractivity contribution is 5.26. The summed E-state index contributed by atoms with van der Waals surface area (Å²) in [6, 6.07) is 5.29. The summed E-state index contributed by atoms with van der Waals surface area (Å²) in [5, 5.41) is 8.53. The van der Waals surface area contributed by atoms with Gasteiger partial charge in [-0.2, -0.15) is 5.26 Å². The topological polar surface area (TPSA) is 55.1 Å². The quantitative estimate of drug-likeness (QED) is 0.689. The molecule has 0 aromatic carbocycles. The lowest BCUT2D eigenvalue weighted by molar-refractivity contribution is 0.0552. The van der Waals surface area contributed by atoms with Crippen LogP contribution >= 0.6 is 0 Å². The summed E-state index contributed by atoms with van der Waals surface area (Å²) in [5.41, 5.74) is 0.390. The lowest BCUT2D eigenvalue weighted by Gasteiger charge is -2.08. The molecule has 4 heteroatoms. The van der Waals surface area contributed by atoms with Gasteiger partial charge in [0.15, 0.2) is 0 Å². The molecule has 0 spiro atoms. The van der Waals surface area contributed by atoms with Crippen molar-refractivity contribution < 1.29 is 9.47 Å². The van der Waals surface area contributed by atoms with E-state index in [9.17, 15) is 0 Å². The van der Waals surface area contributed by atoms with Gasteiger partial charge in [0.25, 0.3) is 0 Å². The van der Waals surface area contributed by atoms with E-state index in [1.807, 2.05) is 19.9 Å². The van der Waals surface area contributed by atoms with Gasteiger partial charge in [-0.05, 0) is 26.0 Å². The van der Waals surface area contributed by atoms with Crippen LogP contribution in [-0.4, -0.2) is 24.3 Å². The Hall–Kier alpha value is -1.60. The third-order valence-corrected chi connectivity index (χ3v) is 1.65. The molecule has 0 saturated carbocycles. The maximum absolute atomic E-state index is 8.53. The van der Waals surface area contributed by atoms with Gasteiger partial charge in [-0.3, -0.25) is 0 Å². The fourth-order valence-corrected chi connectivity index (χ4v) is 0.975. The highest BCUT2D eigenvalue weighted by Gasteiger charge is 1.97. The molecule has 0 aliphatic heterocycles. The standard InChI is InChI=1S/C11H14N2O2/c1-9(2)14-5-6-15-11-4-3-10(7-12)13-8-11/h3-4,8-9H,5-6H2,1-2H3. The highest BCUT2D eigenvalue weighted by atomic mass is 16.5. The normalized spacial score (nSPS) is 10.0. The Balaban J connectivity index is 2.29. The van der Waals surface area contributed by atoms with Crippen molar-refractivity contribution in [3.8, 4) is 11.8 Å². The summed E-state index contributed by atoms with van der Waals surface area (Å²) in [6.07, 6.45) is 1.75. The molecule has 0 aliphatic rings. The van der Waals surface area contributed by atoms with E-state index in [1.54, 1.807) is 12.1 Å². The minimum atomic E-state index is 0.215. The van der Waals surface area contributed by atoms with Crippen molar-refractivity contribution in [3.63, 3.8) is 0 Å². The Morgan fingerprint density at radius 1 is 1.40 bits per heavy atom. The molecule has 0 saturated heterocycles. The Labute approximate surface area is 89.5 Å². The van der Waals surface area contributed by atoms with Crippen LogP contribution in [-0.2, 0) is 4.74 Å². The first kappa shape index (κ1) is 11.5. The van der Waals surface area contributed by atoms with E-state index in [-0.39, 0.29) is 6.10 Å². The number of nitriles is 1. The van der Waals surface area contributed by atoms with Gasteiger partial charge in [0.2, 0.25) is 0 Å². The third-order valence-electron chi connectivity index (χ3n) is 1.65. The summed E-state index contributed by atoms with van der Waals surface area (Å²) >= 11 is 0. The Morgan fingerprint density at radius 2 is 2.20 bits per heavy atom. The highest BCUT2D eigenvalue weighted by Crippen LogP contribution is 2.08. The summed E-state index contributed by atoms with van der Waals surface area (Å²) in [6.45, 7) is 5.00. The molecule has 4 nitrogen and oxygen atoms in total. The second kappa shape index (κ2) is 5.99. The molecule has 15 heavy (non-hydrogen) atoms. The van der Waals surface area contributed by atoms with Crippen LogP contribution in [0.15, 0.2) is 18.3 Å². The Kier molecular flexibility index (Phi) is 4.58. The van der Waals surface area contributed by atoms with Gasteiger partial charge in [0.1, 0.15) is 24.1 Å². The first-order valence-electron chi connectivity index (χ1n) is 4.83. The zero-order valence-corrected chi connectivity index (χ0v) is 8.93. The zero-order chi connectivity index (χ0) is 11.1. The molecule has 0 bridgehead atoms. The molecule has 1 rings (SSSR count). The van der Waals surface area contributed by atoms with Crippen molar-refractivity contribution in [2.24, 2.45) is 0 Å². The van der Waals surface area contributed by atoms with E-state index < -0.39 is 0 Å². The number of aromatic nitrogens is 1. The average molecular weight is 206 g/mol. The van der Waals surface area contributed by atoms with Crippen molar-refractivity contribution in [3.05, 3.63) is 24.0 Å². The first-order chi connectivity index (χ1) is 7.22. The first-order valence-corrected chi connectivity index (χ1v) is 4.83. The van der Waals surface area contributed by atoms with Crippen molar-refractivity contribution in [1.29, 1.82) is 5.26 Å². The minimum absolute atomic E-state index is 0.215. The van der Waals surface area contributed by atoms with Gasteiger partial charge in [-0.1, -0.05) is 0 Å². The van der Waals surface area contributed by atoms with Crippen molar-refractivity contribution in [2.75, 3.05) is 13.2 Å². The largest absolute Gasteiger partial charge is 0.490 e. The number of hydrogen-bond donors (Lipinski definition) is 0. The molecule has 0 fully saturated rings. The van der Waals surface area contributed by atoms with Crippen LogP contribution in [0, 0.1) is 11.3 Å². The summed E-state index contributed by atoms with van der Waals surface area (Å²) < 4.78 is 10.7. The van der Waals surface area contributed by atoms with Crippen LogP contribution in [0.1, 0.15) is 19.5 Å². The molecule has 0 radical (unpaired) electrons. The number of hydrogen-bond acceptors (Lipinski definition) is 4. The average Bonchev–Trinajstić information content (AvgIpc) is 2.25. The Morgan fingerprint density at radius 3 is 2.73 bits per heavy atom. The fraction of sp³-hybridized carbons (Fsp3) is 0.455. The molecular weight excluding hydrogens is 192 g/mol. The van der Waals surface area contributed by atoms with Crippen molar-refractivity contribution >= 4 is 0 Å². The molecule has 1 aromatic rings. The number of pyridine rings is 1. The SMILES string of the molecule is CC(C)OCCOc1ccc(C#N)nc1. The van der Waals surface area contributed by atoms with Crippen LogP contribution < -0.4 is 4.74 Å². The van der Waals surface area contributed by atoms with E-state index in [0.29, 0.717) is 24.7 Å². The lowest BCUT2D eigenvalue weighted by Crippen LogP contribution is -2.11. The minimum Gasteiger partial charge on any atom is -0.490 e. The molecule has 0 aliphatic carbocycles. The van der Waals surface area contributed by atoms with Gasteiger partial charge in [0.05, 0.1) is 18.9 Å². The van der Waals surface area contributed by atoms with Gasteiger partial charge in [0, 0.05) is 0 Å². The molecule has 0 amide bonds. The van der Waals surface area contributed by atoms with Crippen LogP contribution in [0.4, 0.5) is 0 Å². The smallest absolute Gasteiger partial charge is 0.140 e. The molecule has 1 heterocycles. The number of nitrogens with zero attached hydrogens (tertiary/aromatic N) is 2. The lowest BCUT2D eigenvalue weighted by atomic mass is 10.4.